The molecule has 0 aromatic rings. The van der Waals surface area contributed by atoms with Gasteiger partial charge in [-0.3, -0.25) is 0 Å². The molecule has 0 heterocycles. The monoisotopic (exact) mass is 276 g/mol. The maximum atomic E-state index is 8.69. The fraction of sp³-hybridized carbons (Fsp3) is 0. The standard InChI is InChI=1S/3Mg.2HO4Si.H2O/c;;;2*1-5(2,3)4;/h;;;2*1H;1H2/q3*+2;2*-3;. The molecule has 14 heavy (non-hydrogen) atoms. The van der Waals surface area contributed by atoms with E-state index in [4.69, 9.17) is 38.4 Å². The minimum Gasteiger partial charge on any atom is -0.861 e. The molecule has 0 fully saturated rings. The Morgan fingerprint density at radius 3 is 0.571 bits per heavy atom. The molecule has 0 saturated carbocycles. The minimum absolute atomic E-state index is 0. The minimum atomic E-state index is -5.36. The molecule has 0 bridgehead atoms. The predicted octanol–water partition coefficient (Wildman–Crippen LogP) is -11.0. The van der Waals surface area contributed by atoms with Crippen molar-refractivity contribution >= 4 is 87.3 Å². The zero-order valence-corrected chi connectivity index (χ0v) is 13.2. The quantitative estimate of drug-likeness (QED) is 0.404. The van der Waals surface area contributed by atoms with Crippen molar-refractivity contribution in [2.45, 2.75) is 0 Å². The van der Waals surface area contributed by atoms with Gasteiger partial charge in [0, 0.05) is 0 Å². The molecule has 0 radical (unpaired) electrons. The maximum Gasteiger partial charge on any atom is 2.00 e. The maximum absolute atomic E-state index is 8.69. The van der Waals surface area contributed by atoms with Crippen molar-refractivity contribution < 1.29 is 43.8 Å². The Balaban J connectivity index is -0.0000000178. The molecule has 9 nitrogen and oxygen atoms in total. The van der Waals surface area contributed by atoms with Crippen LogP contribution >= 0.6 is 0 Å². The molecule has 0 atom stereocenters. The number of rotatable bonds is 0. The summed E-state index contributed by atoms with van der Waals surface area (Å²) < 4.78 is 0. The normalized spacial score (nSPS) is 8.57. The van der Waals surface area contributed by atoms with E-state index in [1.165, 1.54) is 0 Å². The Bertz CT molecular complexity index is 61.0. The summed E-state index contributed by atoms with van der Waals surface area (Å²) in [6.07, 6.45) is 0. The Morgan fingerprint density at radius 2 is 0.571 bits per heavy atom. The van der Waals surface area contributed by atoms with Crippen LogP contribution in [0.2, 0.25) is 0 Å². The fourth-order valence-electron chi connectivity index (χ4n) is 0. The number of hydrogen-bond acceptors (Lipinski definition) is 8. The first-order valence-electron chi connectivity index (χ1n) is 1.67. The second-order valence-electron chi connectivity index (χ2n) is 1.05. The van der Waals surface area contributed by atoms with E-state index in [1.807, 2.05) is 0 Å². The summed E-state index contributed by atoms with van der Waals surface area (Å²) in [5.74, 6) is 0. The molecule has 4 N–H and O–H groups in total. The Kier molecular flexibility index (Phi) is 39.5. The molecule has 0 aromatic heterocycles. The largest absolute Gasteiger partial charge is 2.00 e. The number of hydrogen-bond donors (Lipinski definition) is 2. The molecule has 0 aromatic carbocycles. The molecular formula is H4Mg3O9Si2. The topological polar surface area (TPSA) is 210 Å². The van der Waals surface area contributed by atoms with Crippen LogP contribution in [0.4, 0.5) is 0 Å². The Hall–Kier alpha value is 2.37. The molecule has 0 aliphatic rings. The Labute approximate surface area is 130 Å². The van der Waals surface area contributed by atoms with Crippen molar-refractivity contribution in [2.24, 2.45) is 0 Å². The van der Waals surface area contributed by atoms with Crippen molar-refractivity contribution in [3.63, 3.8) is 0 Å². The SMILES string of the molecule is O.[Mg+2].[Mg+2].[Mg+2].[O-][Si]([O-])([O-])O.[O-][Si]([O-])([O-])O. The van der Waals surface area contributed by atoms with Crippen molar-refractivity contribution in [1.29, 1.82) is 0 Å². The summed E-state index contributed by atoms with van der Waals surface area (Å²) in [6, 6.07) is 0. The van der Waals surface area contributed by atoms with E-state index < -0.39 is 18.1 Å². The van der Waals surface area contributed by atoms with Crippen LogP contribution in [0.25, 0.3) is 0 Å². The first-order chi connectivity index (χ1) is 4.00. The van der Waals surface area contributed by atoms with Crippen molar-refractivity contribution in [3.8, 4) is 0 Å². The third kappa shape index (κ3) is 457. The van der Waals surface area contributed by atoms with Gasteiger partial charge in [-0.25, -0.2) is 0 Å². The van der Waals surface area contributed by atoms with Crippen molar-refractivity contribution in [3.05, 3.63) is 0 Å². The van der Waals surface area contributed by atoms with E-state index in [0.29, 0.717) is 0 Å². The fourth-order valence-corrected chi connectivity index (χ4v) is 0. The molecular weight excluding hydrogens is 273 g/mol. The zero-order chi connectivity index (χ0) is 9.00. The van der Waals surface area contributed by atoms with Crippen molar-refractivity contribution in [2.75, 3.05) is 0 Å². The molecule has 14 heteroatoms. The van der Waals surface area contributed by atoms with Crippen LogP contribution in [0.15, 0.2) is 0 Å². The third-order valence-electron chi connectivity index (χ3n) is 0. The summed E-state index contributed by atoms with van der Waals surface area (Å²) >= 11 is 0. The van der Waals surface area contributed by atoms with E-state index in [0.717, 1.165) is 0 Å². The molecule has 0 unspecified atom stereocenters. The third-order valence-corrected chi connectivity index (χ3v) is 0. The van der Waals surface area contributed by atoms with Gasteiger partial charge in [0.15, 0.2) is 0 Å². The van der Waals surface area contributed by atoms with E-state index in [-0.39, 0.29) is 74.6 Å². The van der Waals surface area contributed by atoms with Crippen LogP contribution in [-0.2, 0) is 0 Å². The van der Waals surface area contributed by atoms with Crippen LogP contribution in [0.3, 0.4) is 0 Å². The van der Waals surface area contributed by atoms with E-state index in [9.17, 15) is 0 Å². The average Bonchev–Trinajstić information content (AvgIpc) is 1.12. The van der Waals surface area contributed by atoms with Gasteiger partial charge in [0.1, 0.15) is 0 Å². The molecule has 0 rings (SSSR count). The van der Waals surface area contributed by atoms with Crippen LogP contribution in [0.1, 0.15) is 0 Å². The van der Waals surface area contributed by atoms with Crippen molar-refractivity contribution in [1.82, 2.24) is 0 Å². The van der Waals surface area contributed by atoms with Gasteiger partial charge < -0.3 is 43.8 Å². The van der Waals surface area contributed by atoms with E-state index >= 15 is 0 Å². The smallest absolute Gasteiger partial charge is 0.861 e. The zero-order valence-electron chi connectivity index (χ0n) is 6.97. The second kappa shape index (κ2) is 15.4. The van der Waals surface area contributed by atoms with Gasteiger partial charge in [-0.2, -0.15) is 0 Å². The molecule has 0 saturated heterocycles. The van der Waals surface area contributed by atoms with Gasteiger partial charge >= 0.3 is 69.2 Å². The van der Waals surface area contributed by atoms with E-state index in [1.54, 1.807) is 0 Å². The van der Waals surface area contributed by atoms with Gasteiger partial charge in [0.05, 0.1) is 0 Å². The predicted molar refractivity (Wildman–Crippen MR) is 36.8 cm³/mol. The summed E-state index contributed by atoms with van der Waals surface area (Å²) in [6.45, 7) is 0. The van der Waals surface area contributed by atoms with Crippen LogP contribution in [0, 0.1) is 0 Å². The Morgan fingerprint density at radius 1 is 0.571 bits per heavy atom. The summed E-state index contributed by atoms with van der Waals surface area (Å²) in [4.78, 5) is 66.1. The average molecular weight is 277 g/mol. The van der Waals surface area contributed by atoms with Crippen LogP contribution in [-0.4, -0.2) is 102 Å². The van der Waals surface area contributed by atoms with Gasteiger partial charge in [-0.05, 0) is 0 Å². The molecule has 0 spiro atoms. The van der Waals surface area contributed by atoms with Crippen LogP contribution < -0.4 is 28.8 Å². The first kappa shape index (κ1) is 36.0. The summed E-state index contributed by atoms with van der Waals surface area (Å²) in [7, 11) is -10.7. The molecule has 0 aliphatic carbocycles. The van der Waals surface area contributed by atoms with Gasteiger partial charge in [0.25, 0.3) is 0 Å². The second-order valence-corrected chi connectivity index (χ2v) is 3.14. The van der Waals surface area contributed by atoms with Gasteiger partial charge in [-0.15, -0.1) is 18.1 Å². The first-order valence-corrected chi connectivity index (χ1v) is 5.02. The van der Waals surface area contributed by atoms with Gasteiger partial charge in [0.2, 0.25) is 0 Å². The molecule has 72 valence electrons. The molecule has 0 aliphatic heterocycles. The van der Waals surface area contributed by atoms with Crippen LogP contribution in [0.5, 0.6) is 0 Å². The molecule has 0 amide bonds. The summed E-state index contributed by atoms with van der Waals surface area (Å²) in [5.41, 5.74) is 0. The van der Waals surface area contributed by atoms with Gasteiger partial charge in [-0.1, -0.05) is 0 Å². The van der Waals surface area contributed by atoms with E-state index in [2.05, 4.69) is 0 Å². The summed E-state index contributed by atoms with van der Waals surface area (Å²) in [5, 5.41) is 0.